The zero-order chi connectivity index (χ0) is 10.7. The summed E-state index contributed by atoms with van der Waals surface area (Å²) in [6.45, 7) is 2.29. The van der Waals surface area contributed by atoms with Gasteiger partial charge in [-0.2, -0.15) is 0 Å². The Labute approximate surface area is 88.4 Å². The normalized spacial score (nSPS) is 10.2. The molecule has 0 fully saturated rings. The Morgan fingerprint density at radius 2 is 2.07 bits per heavy atom. The number of rotatable bonds is 3. The summed E-state index contributed by atoms with van der Waals surface area (Å²) in [5.41, 5.74) is 1.88. The van der Waals surface area contributed by atoms with Gasteiger partial charge in [-0.3, -0.25) is 9.78 Å². The number of carbonyl (C=O) groups is 1. The van der Waals surface area contributed by atoms with Crippen molar-refractivity contribution in [3.63, 3.8) is 0 Å². The van der Waals surface area contributed by atoms with Gasteiger partial charge in [0.1, 0.15) is 0 Å². The van der Waals surface area contributed by atoms with Crippen LogP contribution in [0.15, 0.2) is 42.9 Å². The lowest BCUT2D eigenvalue weighted by molar-refractivity contribution is 0.100. The van der Waals surface area contributed by atoms with Crippen LogP contribution in [0.4, 0.5) is 0 Å². The highest BCUT2D eigenvalue weighted by Crippen LogP contribution is 2.07. The molecule has 0 saturated heterocycles. The second kappa shape index (κ2) is 4.09. The average molecular weight is 200 g/mol. The van der Waals surface area contributed by atoms with Crippen LogP contribution in [0.5, 0.6) is 0 Å². The Morgan fingerprint density at radius 3 is 2.73 bits per heavy atom. The van der Waals surface area contributed by atoms with E-state index < -0.39 is 0 Å². The molecule has 0 unspecified atom stereocenters. The summed E-state index contributed by atoms with van der Waals surface area (Å²) in [5.74, 6) is 0.0917. The maximum absolute atomic E-state index is 11.3. The molecule has 0 radical (unpaired) electrons. The standard InChI is InChI=1S/C12H12N2O/c1-10(15)12-3-2-8-14(12)9-11-4-6-13-7-5-11/h2-8H,9H2,1H3. The Hall–Kier alpha value is -1.90. The first-order chi connectivity index (χ1) is 7.27. The van der Waals surface area contributed by atoms with Crippen molar-refractivity contribution in [3.05, 3.63) is 54.1 Å². The van der Waals surface area contributed by atoms with Crippen LogP contribution in [0.25, 0.3) is 0 Å². The fourth-order valence-electron chi connectivity index (χ4n) is 1.56. The molecule has 0 spiro atoms. The van der Waals surface area contributed by atoms with E-state index in [9.17, 15) is 4.79 Å². The molecule has 0 saturated carbocycles. The summed E-state index contributed by atoms with van der Waals surface area (Å²) in [5, 5.41) is 0. The van der Waals surface area contributed by atoms with Crippen LogP contribution >= 0.6 is 0 Å². The number of carbonyl (C=O) groups excluding carboxylic acids is 1. The summed E-state index contributed by atoms with van der Waals surface area (Å²) in [6, 6.07) is 7.62. The molecule has 0 bridgehead atoms. The van der Waals surface area contributed by atoms with Gasteiger partial charge in [0.2, 0.25) is 0 Å². The first kappa shape index (κ1) is 9.65. The van der Waals surface area contributed by atoms with Gasteiger partial charge in [0, 0.05) is 32.1 Å². The molecule has 0 aromatic carbocycles. The van der Waals surface area contributed by atoms with Crippen molar-refractivity contribution in [1.82, 2.24) is 9.55 Å². The van der Waals surface area contributed by atoms with Gasteiger partial charge >= 0.3 is 0 Å². The number of ketones is 1. The van der Waals surface area contributed by atoms with Crippen LogP contribution < -0.4 is 0 Å². The van der Waals surface area contributed by atoms with Crippen LogP contribution in [0, 0.1) is 0 Å². The highest BCUT2D eigenvalue weighted by atomic mass is 16.1. The van der Waals surface area contributed by atoms with Gasteiger partial charge in [-0.15, -0.1) is 0 Å². The second-order valence-corrected chi connectivity index (χ2v) is 3.43. The second-order valence-electron chi connectivity index (χ2n) is 3.43. The van der Waals surface area contributed by atoms with Crippen LogP contribution in [0.2, 0.25) is 0 Å². The van der Waals surface area contributed by atoms with Gasteiger partial charge in [-0.05, 0) is 29.8 Å². The molecule has 3 heteroatoms. The van der Waals surface area contributed by atoms with E-state index >= 15 is 0 Å². The van der Waals surface area contributed by atoms with Gasteiger partial charge in [-0.25, -0.2) is 0 Å². The molecule has 3 nitrogen and oxygen atoms in total. The summed E-state index contributed by atoms with van der Waals surface area (Å²) >= 11 is 0. The topological polar surface area (TPSA) is 34.9 Å². The molecular formula is C12H12N2O. The largest absolute Gasteiger partial charge is 0.341 e. The zero-order valence-electron chi connectivity index (χ0n) is 8.55. The van der Waals surface area contributed by atoms with Crippen molar-refractivity contribution in [2.45, 2.75) is 13.5 Å². The van der Waals surface area contributed by atoms with Crippen LogP contribution in [0.1, 0.15) is 23.0 Å². The lowest BCUT2D eigenvalue weighted by Gasteiger charge is -2.06. The fourth-order valence-corrected chi connectivity index (χ4v) is 1.56. The quantitative estimate of drug-likeness (QED) is 0.711. The molecule has 0 aliphatic carbocycles. The molecule has 0 aliphatic rings. The first-order valence-electron chi connectivity index (χ1n) is 4.82. The highest BCUT2D eigenvalue weighted by molar-refractivity contribution is 5.92. The maximum Gasteiger partial charge on any atom is 0.176 e. The molecule has 0 atom stereocenters. The van der Waals surface area contributed by atoms with E-state index in [1.165, 1.54) is 0 Å². The number of hydrogen-bond donors (Lipinski definition) is 0. The van der Waals surface area contributed by atoms with Gasteiger partial charge in [0.05, 0.1) is 5.69 Å². The molecule has 2 aromatic rings. The Balaban J connectivity index is 2.25. The van der Waals surface area contributed by atoms with Crippen LogP contribution in [0.3, 0.4) is 0 Å². The molecule has 0 N–H and O–H groups in total. The van der Waals surface area contributed by atoms with E-state index in [0.717, 1.165) is 11.3 Å². The van der Waals surface area contributed by atoms with Gasteiger partial charge < -0.3 is 4.57 Å². The SMILES string of the molecule is CC(=O)c1cccn1Cc1ccncc1. The summed E-state index contributed by atoms with van der Waals surface area (Å²) in [6.07, 6.45) is 5.43. The van der Waals surface area contributed by atoms with Crippen molar-refractivity contribution in [2.24, 2.45) is 0 Å². The summed E-state index contributed by atoms with van der Waals surface area (Å²) < 4.78 is 1.94. The van der Waals surface area contributed by atoms with Gasteiger partial charge in [0.25, 0.3) is 0 Å². The van der Waals surface area contributed by atoms with E-state index in [1.807, 2.05) is 35.0 Å². The van der Waals surface area contributed by atoms with E-state index in [4.69, 9.17) is 0 Å². The zero-order valence-corrected chi connectivity index (χ0v) is 8.55. The molecule has 15 heavy (non-hydrogen) atoms. The maximum atomic E-state index is 11.3. The molecule has 0 amide bonds. The third-order valence-electron chi connectivity index (χ3n) is 2.29. The number of aromatic nitrogens is 2. The minimum absolute atomic E-state index is 0.0917. The lowest BCUT2D eigenvalue weighted by atomic mass is 10.2. The Kier molecular flexibility index (Phi) is 2.63. The van der Waals surface area contributed by atoms with Gasteiger partial charge in [-0.1, -0.05) is 0 Å². The van der Waals surface area contributed by atoms with Crippen molar-refractivity contribution in [1.29, 1.82) is 0 Å². The van der Waals surface area contributed by atoms with Crippen molar-refractivity contribution in [2.75, 3.05) is 0 Å². The number of nitrogens with zero attached hydrogens (tertiary/aromatic N) is 2. The average Bonchev–Trinajstić information content (AvgIpc) is 2.67. The van der Waals surface area contributed by atoms with Gasteiger partial charge in [0.15, 0.2) is 5.78 Å². The third-order valence-corrected chi connectivity index (χ3v) is 2.29. The first-order valence-corrected chi connectivity index (χ1v) is 4.82. The van der Waals surface area contributed by atoms with E-state index in [2.05, 4.69) is 4.98 Å². The molecular weight excluding hydrogens is 188 g/mol. The molecule has 76 valence electrons. The smallest absolute Gasteiger partial charge is 0.176 e. The molecule has 0 aliphatic heterocycles. The van der Waals surface area contributed by atoms with Crippen molar-refractivity contribution < 1.29 is 4.79 Å². The van der Waals surface area contributed by atoms with E-state index in [-0.39, 0.29) is 5.78 Å². The number of Topliss-reactive ketones (excluding diaryl/α,β-unsaturated/α-hetero) is 1. The van der Waals surface area contributed by atoms with Crippen molar-refractivity contribution >= 4 is 5.78 Å². The third kappa shape index (κ3) is 2.13. The highest BCUT2D eigenvalue weighted by Gasteiger charge is 2.05. The predicted octanol–water partition coefficient (Wildman–Crippen LogP) is 2.13. The van der Waals surface area contributed by atoms with Crippen molar-refractivity contribution in [3.8, 4) is 0 Å². The van der Waals surface area contributed by atoms with E-state index in [0.29, 0.717) is 6.54 Å². The Bertz CT molecular complexity index is 459. The number of hydrogen-bond acceptors (Lipinski definition) is 2. The minimum Gasteiger partial charge on any atom is -0.341 e. The molecule has 2 heterocycles. The summed E-state index contributed by atoms with van der Waals surface area (Å²) in [4.78, 5) is 15.2. The molecule has 2 rings (SSSR count). The number of pyridine rings is 1. The summed E-state index contributed by atoms with van der Waals surface area (Å²) in [7, 11) is 0. The lowest BCUT2D eigenvalue weighted by Crippen LogP contribution is -2.06. The minimum atomic E-state index is 0.0917. The Morgan fingerprint density at radius 1 is 1.33 bits per heavy atom. The molecule has 2 aromatic heterocycles. The van der Waals surface area contributed by atoms with Crippen LogP contribution in [-0.2, 0) is 6.54 Å². The fraction of sp³-hybridized carbons (Fsp3) is 0.167. The predicted molar refractivity (Wildman–Crippen MR) is 57.8 cm³/mol. The monoisotopic (exact) mass is 200 g/mol. The van der Waals surface area contributed by atoms with E-state index in [1.54, 1.807) is 19.3 Å². The van der Waals surface area contributed by atoms with Crippen LogP contribution in [-0.4, -0.2) is 15.3 Å².